The molecule has 0 aromatic rings. The van der Waals surface area contributed by atoms with Crippen LogP contribution in [-0.4, -0.2) is 25.0 Å². The number of nitrogens with one attached hydrogen (secondary N) is 2. The lowest BCUT2D eigenvalue weighted by Gasteiger charge is -2.24. The Labute approximate surface area is 116 Å². The smallest absolute Gasteiger partial charge is 0.220 e. The zero-order valence-corrected chi connectivity index (χ0v) is 11.8. The number of rotatable bonds is 5. The van der Waals surface area contributed by atoms with E-state index in [1.807, 2.05) is 0 Å². The second-order valence-corrected chi connectivity index (χ2v) is 6.17. The Morgan fingerprint density at radius 2 is 1.61 bits per heavy atom. The maximum absolute atomic E-state index is 12.1. The minimum absolute atomic E-state index is 0. The fraction of sp³-hybridized carbons (Fsp3) is 0.929. The van der Waals surface area contributed by atoms with Crippen molar-refractivity contribution >= 4 is 18.3 Å². The van der Waals surface area contributed by atoms with E-state index in [2.05, 4.69) is 10.6 Å². The Morgan fingerprint density at radius 1 is 1.06 bits per heavy atom. The van der Waals surface area contributed by atoms with Crippen LogP contribution in [0.2, 0.25) is 0 Å². The van der Waals surface area contributed by atoms with Gasteiger partial charge in [-0.05, 0) is 69.4 Å². The number of carbonyl (C=O) groups is 1. The summed E-state index contributed by atoms with van der Waals surface area (Å²) in [6.45, 7) is 2.18. The van der Waals surface area contributed by atoms with Crippen LogP contribution in [-0.2, 0) is 4.79 Å². The van der Waals surface area contributed by atoms with Gasteiger partial charge >= 0.3 is 0 Å². The Morgan fingerprint density at radius 3 is 2.11 bits per heavy atom. The van der Waals surface area contributed by atoms with E-state index >= 15 is 0 Å². The first-order chi connectivity index (χ1) is 8.33. The van der Waals surface area contributed by atoms with Crippen LogP contribution in [0, 0.1) is 17.8 Å². The number of amides is 1. The summed E-state index contributed by atoms with van der Waals surface area (Å²) in [4.78, 5) is 12.1. The predicted octanol–water partition coefficient (Wildman–Crippen LogP) is 2.10. The fourth-order valence-corrected chi connectivity index (χ4v) is 3.12. The molecule has 0 aromatic carbocycles. The van der Waals surface area contributed by atoms with Gasteiger partial charge in [0.2, 0.25) is 5.91 Å². The molecule has 0 radical (unpaired) electrons. The highest BCUT2D eigenvalue weighted by atomic mass is 35.5. The predicted molar refractivity (Wildman–Crippen MR) is 74.8 cm³/mol. The van der Waals surface area contributed by atoms with E-state index in [9.17, 15) is 4.79 Å². The van der Waals surface area contributed by atoms with Crippen molar-refractivity contribution in [1.82, 2.24) is 10.6 Å². The first-order valence-electron chi connectivity index (χ1n) is 7.33. The highest BCUT2D eigenvalue weighted by Gasteiger charge is 2.42. The van der Waals surface area contributed by atoms with Crippen LogP contribution >= 0.6 is 12.4 Å². The number of hydrogen-bond donors (Lipinski definition) is 2. The van der Waals surface area contributed by atoms with Crippen molar-refractivity contribution in [3.63, 3.8) is 0 Å². The standard InChI is InChI=1S/C14H24N2O.ClH/c17-13(9-10-5-7-15-8-6-10)16-14(11-1-2-11)12-3-4-12;/h10-12,14-15H,1-9H2,(H,16,17);1H. The van der Waals surface area contributed by atoms with Gasteiger partial charge < -0.3 is 10.6 Å². The summed E-state index contributed by atoms with van der Waals surface area (Å²) in [6, 6.07) is 0.532. The average Bonchev–Trinajstić information content (AvgIpc) is 3.19. The molecule has 3 nitrogen and oxygen atoms in total. The van der Waals surface area contributed by atoms with Gasteiger partial charge in [0.15, 0.2) is 0 Å². The Kier molecular flexibility index (Phi) is 4.91. The second-order valence-electron chi connectivity index (χ2n) is 6.17. The molecule has 3 aliphatic rings. The van der Waals surface area contributed by atoms with E-state index in [-0.39, 0.29) is 12.4 Å². The van der Waals surface area contributed by atoms with Crippen LogP contribution in [0.5, 0.6) is 0 Å². The Balaban J connectivity index is 0.00000120. The SMILES string of the molecule is Cl.O=C(CC1CCNCC1)NC(C1CC1)C1CC1. The molecule has 2 saturated carbocycles. The molecule has 1 heterocycles. The molecular formula is C14H25ClN2O. The molecule has 2 aliphatic carbocycles. The van der Waals surface area contributed by atoms with Gasteiger partial charge in [-0.15, -0.1) is 12.4 Å². The molecule has 1 saturated heterocycles. The monoisotopic (exact) mass is 272 g/mol. The van der Waals surface area contributed by atoms with E-state index in [4.69, 9.17) is 0 Å². The third kappa shape index (κ3) is 3.86. The summed E-state index contributed by atoms with van der Waals surface area (Å²) < 4.78 is 0. The van der Waals surface area contributed by atoms with Gasteiger partial charge in [-0.25, -0.2) is 0 Å². The molecule has 104 valence electrons. The lowest BCUT2D eigenvalue weighted by Crippen LogP contribution is -2.40. The minimum atomic E-state index is 0. The lowest BCUT2D eigenvalue weighted by molar-refractivity contribution is -0.123. The summed E-state index contributed by atoms with van der Waals surface area (Å²) in [5, 5.41) is 6.68. The van der Waals surface area contributed by atoms with Crippen molar-refractivity contribution in [2.24, 2.45) is 17.8 Å². The second kappa shape index (κ2) is 6.25. The van der Waals surface area contributed by atoms with Gasteiger partial charge in [0.1, 0.15) is 0 Å². The van der Waals surface area contributed by atoms with Crippen molar-refractivity contribution in [2.75, 3.05) is 13.1 Å². The molecular weight excluding hydrogens is 248 g/mol. The lowest BCUT2D eigenvalue weighted by atomic mass is 9.94. The summed E-state index contributed by atoms with van der Waals surface area (Å²) in [5.74, 6) is 2.58. The maximum Gasteiger partial charge on any atom is 0.220 e. The zero-order valence-electron chi connectivity index (χ0n) is 11.0. The summed E-state index contributed by atoms with van der Waals surface area (Å²) >= 11 is 0. The number of halogens is 1. The first kappa shape index (κ1) is 14.1. The number of carbonyl (C=O) groups excluding carboxylic acids is 1. The third-order valence-electron chi connectivity index (χ3n) is 4.52. The van der Waals surface area contributed by atoms with Gasteiger partial charge in [0, 0.05) is 12.5 Å². The molecule has 4 heteroatoms. The Hall–Kier alpha value is -0.280. The fourth-order valence-electron chi connectivity index (χ4n) is 3.12. The van der Waals surface area contributed by atoms with Gasteiger partial charge in [-0.3, -0.25) is 4.79 Å². The zero-order chi connectivity index (χ0) is 11.7. The van der Waals surface area contributed by atoms with Crippen LogP contribution in [0.1, 0.15) is 44.9 Å². The van der Waals surface area contributed by atoms with E-state index in [0.29, 0.717) is 17.9 Å². The number of piperidine rings is 1. The van der Waals surface area contributed by atoms with E-state index < -0.39 is 0 Å². The molecule has 1 aliphatic heterocycles. The third-order valence-corrected chi connectivity index (χ3v) is 4.52. The van der Waals surface area contributed by atoms with Crippen LogP contribution < -0.4 is 10.6 Å². The molecule has 0 unspecified atom stereocenters. The largest absolute Gasteiger partial charge is 0.353 e. The molecule has 18 heavy (non-hydrogen) atoms. The molecule has 0 aromatic heterocycles. The number of hydrogen-bond acceptors (Lipinski definition) is 2. The molecule has 3 rings (SSSR count). The van der Waals surface area contributed by atoms with Crippen LogP contribution in [0.3, 0.4) is 0 Å². The molecule has 0 bridgehead atoms. The molecule has 1 amide bonds. The van der Waals surface area contributed by atoms with Gasteiger partial charge in [-0.2, -0.15) is 0 Å². The molecule has 3 fully saturated rings. The summed E-state index contributed by atoms with van der Waals surface area (Å²) in [7, 11) is 0. The normalized spacial score (nSPS) is 24.7. The average molecular weight is 273 g/mol. The van der Waals surface area contributed by atoms with Crippen LogP contribution in [0.15, 0.2) is 0 Å². The first-order valence-corrected chi connectivity index (χ1v) is 7.33. The molecule has 0 atom stereocenters. The van der Waals surface area contributed by atoms with Crippen LogP contribution in [0.25, 0.3) is 0 Å². The van der Waals surface area contributed by atoms with E-state index in [1.165, 1.54) is 38.5 Å². The van der Waals surface area contributed by atoms with E-state index in [0.717, 1.165) is 31.3 Å². The molecule has 0 spiro atoms. The highest BCUT2D eigenvalue weighted by molar-refractivity contribution is 5.85. The van der Waals surface area contributed by atoms with Crippen molar-refractivity contribution in [2.45, 2.75) is 51.0 Å². The van der Waals surface area contributed by atoms with Crippen molar-refractivity contribution in [3.8, 4) is 0 Å². The molecule has 2 N–H and O–H groups in total. The summed E-state index contributed by atoms with van der Waals surface area (Å²) in [5.41, 5.74) is 0. The van der Waals surface area contributed by atoms with Crippen LogP contribution in [0.4, 0.5) is 0 Å². The topological polar surface area (TPSA) is 41.1 Å². The Bertz CT molecular complexity index is 272. The highest BCUT2D eigenvalue weighted by Crippen LogP contribution is 2.44. The van der Waals surface area contributed by atoms with Crippen molar-refractivity contribution < 1.29 is 4.79 Å². The summed E-state index contributed by atoms with van der Waals surface area (Å²) in [6.07, 6.45) is 8.47. The van der Waals surface area contributed by atoms with Gasteiger partial charge in [0.05, 0.1) is 0 Å². The van der Waals surface area contributed by atoms with Crippen molar-refractivity contribution in [3.05, 3.63) is 0 Å². The van der Waals surface area contributed by atoms with Crippen molar-refractivity contribution in [1.29, 1.82) is 0 Å². The van der Waals surface area contributed by atoms with Gasteiger partial charge in [0.25, 0.3) is 0 Å². The minimum Gasteiger partial charge on any atom is -0.353 e. The van der Waals surface area contributed by atoms with E-state index in [1.54, 1.807) is 0 Å². The quantitative estimate of drug-likeness (QED) is 0.805. The van der Waals surface area contributed by atoms with Gasteiger partial charge in [-0.1, -0.05) is 0 Å². The maximum atomic E-state index is 12.1.